The summed E-state index contributed by atoms with van der Waals surface area (Å²) >= 11 is 0. The fraction of sp³-hybridized carbons (Fsp3) is 0.579. The molecular weight excluding hydrogens is 378 g/mol. The van der Waals surface area contributed by atoms with Crippen molar-refractivity contribution in [3.8, 4) is 0 Å². The number of primary amides is 1. The maximum Gasteiger partial charge on any atom is 0.242 e. The number of rotatable bonds is 7. The molecule has 0 spiro atoms. The molecule has 1 heterocycles. The fourth-order valence-electron chi connectivity index (χ4n) is 3.28. The summed E-state index contributed by atoms with van der Waals surface area (Å²) in [7, 11) is -0.399. The van der Waals surface area contributed by atoms with Crippen LogP contribution in [0.3, 0.4) is 0 Å². The maximum absolute atomic E-state index is 12.2. The number of amides is 1. The Balaban J connectivity index is 2.09. The Morgan fingerprint density at radius 1 is 1.32 bits per heavy atom. The highest BCUT2D eigenvalue weighted by molar-refractivity contribution is 7.89. The van der Waals surface area contributed by atoms with E-state index in [2.05, 4.69) is 10.2 Å². The number of nitrogens with two attached hydrogens (primary N) is 1. The van der Waals surface area contributed by atoms with E-state index in [0.29, 0.717) is 13.0 Å². The van der Waals surface area contributed by atoms with E-state index < -0.39 is 10.0 Å². The van der Waals surface area contributed by atoms with E-state index in [1.165, 1.54) is 18.4 Å². The molecule has 1 aliphatic rings. The summed E-state index contributed by atoms with van der Waals surface area (Å²) in [4.78, 5) is 18.4. The minimum Gasteiger partial charge on any atom is -0.370 e. The molecule has 1 atom stereocenters. The quantitative estimate of drug-likeness (QED) is 0.516. The van der Waals surface area contributed by atoms with Gasteiger partial charge >= 0.3 is 0 Å². The number of piperidine rings is 1. The van der Waals surface area contributed by atoms with Crippen molar-refractivity contribution in [2.75, 3.05) is 33.7 Å². The van der Waals surface area contributed by atoms with E-state index >= 15 is 0 Å². The van der Waals surface area contributed by atoms with E-state index in [-0.39, 0.29) is 16.7 Å². The molecule has 1 aromatic rings. The standard InChI is InChI=1S/C19H31N5O3S/c1-4-21-19(24-11-5-6-16(14-24)12-18(20)25)22-13-15-7-9-17(10-8-15)28(26,27)23(2)3/h7-10,16H,4-6,11-14H2,1-3H3,(H2,20,25)(H,21,22). The second-order valence-corrected chi connectivity index (χ2v) is 9.38. The van der Waals surface area contributed by atoms with Crippen LogP contribution in [-0.2, 0) is 21.4 Å². The van der Waals surface area contributed by atoms with Crippen molar-refractivity contribution in [3.05, 3.63) is 29.8 Å². The summed E-state index contributed by atoms with van der Waals surface area (Å²) in [5, 5.41) is 3.30. The van der Waals surface area contributed by atoms with Crippen LogP contribution in [0.5, 0.6) is 0 Å². The lowest BCUT2D eigenvalue weighted by molar-refractivity contribution is -0.119. The molecule has 0 saturated carbocycles. The van der Waals surface area contributed by atoms with Crippen molar-refractivity contribution < 1.29 is 13.2 Å². The average molecular weight is 410 g/mol. The van der Waals surface area contributed by atoms with Gasteiger partial charge in [0, 0.05) is 40.2 Å². The number of nitrogens with zero attached hydrogens (tertiary/aromatic N) is 3. The molecule has 156 valence electrons. The first-order valence-corrected chi connectivity index (χ1v) is 11.0. The third kappa shape index (κ3) is 5.93. The number of nitrogens with one attached hydrogen (secondary N) is 1. The minimum atomic E-state index is -3.43. The molecule has 1 unspecified atom stereocenters. The number of carbonyl (C=O) groups excluding carboxylic acids is 1. The van der Waals surface area contributed by atoms with Crippen LogP contribution in [0.4, 0.5) is 0 Å². The van der Waals surface area contributed by atoms with Crippen molar-refractivity contribution in [1.82, 2.24) is 14.5 Å². The second-order valence-electron chi connectivity index (χ2n) is 7.23. The SMILES string of the molecule is CCNC(=NCc1ccc(S(=O)(=O)N(C)C)cc1)N1CCCC(CC(N)=O)C1. The van der Waals surface area contributed by atoms with Crippen molar-refractivity contribution in [2.24, 2.45) is 16.6 Å². The van der Waals surface area contributed by atoms with Crippen LogP contribution in [-0.4, -0.2) is 63.2 Å². The minimum absolute atomic E-state index is 0.255. The van der Waals surface area contributed by atoms with Gasteiger partial charge in [0.1, 0.15) is 0 Å². The monoisotopic (exact) mass is 409 g/mol. The van der Waals surface area contributed by atoms with E-state index in [1.807, 2.05) is 6.92 Å². The van der Waals surface area contributed by atoms with Gasteiger partial charge in [-0.3, -0.25) is 4.79 Å². The number of sulfonamides is 1. The van der Waals surface area contributed by atoms with Gasteiger partial charge in [-0.05, 0) is 43.4 Å². The van der Waals surface area contributed by atoms with Gasteiger partial charge in [-0.25, -0.2) is 17.7 Å². The van der Waals surface area contributed by atoms with Gasteiger partial charge in [0.15, 0.2) is 5.96 Å². The number of guanidine groups is 1. The predicted octanol–water partition coefficient (Wildman–Crippen LogP) is 0.990. The zero-order chi connectivity index (χ0) is 20.7. The van der Waals surface area contributed by atoms with Gasteiger partial charge in [0.25, 0.3) is 0 Å². The lowest BCUT2D eigenvalue weighted by Crippen LogP contribution is -2.47. The highest BCUT2D eigenvalue weighted by Crippen LogP contribution is 2.20. The fourth-order valence-corrected chi connectivity index (χ4v) is 4.18. The normalized spacial score (nSPS) is 18.4. The zero-order valence-corrected chi connectivity index (χ0v) is 17.7. The molecule has 0 radical (unpaired) electrons. The summed E-state index contributed by atoms with van der Waals surface area (Å²) in [5.74, 6) is 0.800. The van der Waals surface area contributed by atoms with Crippen molar-refractivity contribution in [1.29, 1.82) is 0 Å². The van der Waals surface area contributed by atoms with Crippen molar-refractivity contribution >= 4 is 21.9 Å². The highest BCUT2D eigenvalue weighted by Gasteiger charge is 2.23. The molecule has 28 heavy (non-hydrogen) atoms. The molecule has 2 rings (SSSR count). The van der Waals surface area contributed by atoms with Crippen molar-refractivity contribution in [2.45, 2.75) is 37.6 Å². The second kappa shape index (κ2) is 9.88. The summed E-state index contributed by atoms with van der Waals surface area (Å²) in [6, 6.07) is 6.79. The van der Waals surface area contributed by atoms with Crippen LogP contribution in [0.25, 0.3) is 0 Å². The maximum atomic E-state index is 12.2. The molecule has 9 heteroatoms. The molecule has 0 aromatic heterocycles. The number of likely N-dealkylation sites (tertiary alicyclic amines) is 1. The number of aliphatic imine (C=N–C) groups is 1. The number of hydrogen-bond acceptors (Lipinski definition) is 4. The van der Waals surface area contributed by atoms with Gasteiger partial charge < -0.3 is 16.0 Å². The largest absolute Gasteiger partial charge is 0.370 e. The van der Waals surface area contributed by atoms with Crippen LogP contribution in [0.2, 0.25) is 0 Å². The summed E-state index contributed by atoms with van der Waals surface area (Å²) < 4.78 is 25.5. The van der Waals surface area contributed by atoms with Gasteiger partial charge in [-0.15, -0.1) is 0 Å². The van der Waals surface area contributed by atoms with Crippen LogP contribution >= 0.6 is 0 Å². The lowest BCUT2D eigenvalue weighted by Gasteiger charge is -2.34. The summed E-state index contributed by atoms with van der Waals surface area (Å²) in [6.45, 7) is 4.86. The molecule has 1 aromatic carbocycles. The first kappa shape index (κ1) is 22.2. The van der Waals surface area contributed by atoms with Crippen LogP contribution < -0.4 is 11.1 Å². The Bertz CT molecular complexity index is 790. The van der Waals surface area contributed by atoms with Crippen LogP contribution in [0.1, 0.15) is 31.7 Å². The van der Waals surface area contributed by atoms with E-state index in [9.17, 15) is 13.2 Å². The zero-order valence-electron chi connectivity index (χ0n) is 16.9. The third-order valence-electron chi connectivity index (χ3n) is 4.76. The Kier molecular flexibility index (Phi) is 7.82. The first-order chi connectivity index (χ1) is 13.2. The number of benzene rings is 1. The van der Waals surface area contributed by atoms with Crippen LogP contribution in [0.15, 0.2) is 34.2 Å². The molecule has 1 aliphatic heterocycles. The lowest BCUT2D eigenvalue weighted by atomic mass is 9.95. The molecular formula is C19H31N5O3S. The average Bonchev–Trinajstić information content (AvgIpc) is 2.65. The molecule has 1 saturated heterocycles. The first-order valence-electron chi connectivity index (χ1n) is 9.57. The van der Waals surface area contributed by atoms with Crippen molar-refractivity contribution in [3.63, 3.8) is 0 Å². The third-order valence-corrected chi connectivity index (χ3v) is 6.59. The molecule has 0 bridgehead atoms. The smallest absolute Gasteiger partial charge is 0.242 e. The van der Waals surface area contributed by atoms with Crippen LogP contribution in [0, 0.1) is 5.92 Å². The molecule has 3 N–H and O–H groups in total. The van der Waals surface area contributed by atoms with Gasteiger partial charge in [-0.2, -0.15) is 0 Å². The molecule has 0 aliphatic carbocycles. The Morgan fingerprint density at radius 2 is 2.00 bits per heavy atom. The molecule has 1 amide bonds. The Labute approximate surface area is 167 Å². The van der Waals surface area contributed by atoms with E-state index in [4.69, 9.17) is 10.7 Å². The van der Waals surface area contributed by atoms with E-state index in [0.717, 1.165) is 44.0 Å². The number of carbonyl (C=O) groups is 1. The Hall–Kier alpha value is -2.13. The number of hydrogen-bond donors (Lipinski definition) is 2. The highest BCUT2D eigenvalue weighted by atomic mass is 32.2. The summed E-state index contributed by atoms with van der Waals surface area (Å²) in [6.07, 6.45) is 2.40. The predicted molar refractivity (Wildman–Crippen MR) is 110 cm³/mol. The van der Waals surface area contributed by atoms with Gasteiger partial charge in [0.2, 0.25) is 15.9 Å². The Morgan fingerprint density at radius 3 is 2.57 bits per heavy atom. The summed E-state index contributed by atoms with van der Waals surface area (Å²) in [5.41, 5.74) is 6.28. The van der Waals surface area contributed by atoms with Gasteiger partial charge in [-0.1, -0.05) is 12.1 Å². The van der Waals surface area contributed by atoms with Gasteiger partial charge in [0.05, 0.1) is 11.4 Å². The van der Waals surface area contributed by atoms with E-state index in [1.54, 1.807) is 24.3 Å². The molecule has 8 nitrogen and oxygen atoms in total. The topological polar surface area (TPSA) is 108 Å². The molecule has 1 fully saturated rings.